The van der Waals surface area contributed by atoms with Gasteiger partial charge in [-0.25, -0.2) is 9.98 Å². The zero-order valence-corrected chi connectivity index (χ0v) is 14.5. The maximum atomic E-state index is 5.98. The number of halogens is 1. The summed E-state index contributed by atoms with van der Waals surface area (Å²) in [6.07, 6.45) is 1.62. The maximum Gasteiger partial charge on any atom is 0.226 e. The highest BCUT2D eigenvalue weighted by molar-refractivity contribution is 14.0. The van der Waals surface area contributed by atoms with Gasteiger partial charge >= 0.3 is 0 Å². The Morgan fingerprint density at radius 3 is 2.68 bits per heavy atom. The van der Waals surface area contributed by atoms with E-state index in [2.05, 4.69) is 9.98 Å². The molecule has 7 heteroatoms. The highest BCUT2D eigenvalue weighted by atomic mass is 127. The SMILES string of the molecule is I.NC(=NCc1coc(-c2ccccc2)n1)N1CCOCC1. The topological polar surface area (TPSA) is 76.9 Å². The van der Waals surface area contributed by atoms with Crippen LogP contribution in [-0.4, -0.2) is 42.1 Å². The zero-order valence-electron chi connectivity index (χ0n) is 12.1. The fraction of sp³-hybridized carbons (Fsp3) is 0.333. The van der Waals surface area contributed by atoms with Crippen LogP contribution in [0.4, 0.5) is 0 Å². The minimum absolute atomic E-state index is 0. The highest BCUT2D eigenvalue weighted by Gasteiger charge is 2.12. The number of aromatic nitrogens is 1. The number of nitrogens with zero attached hydrogens (tertiary/aromatic N) is 3. The fourth-order valence-electron chi connectivity index (χ4n) is 2.15. The summed E-state index contributed by atoms with van der Waals surface area (Å²) < 4.78 is 10.8. The van der Waals surface area contributed by atoms with Crippen LogP contribution >= 0.6 is 24.0 Å². The summed E-state index contributed by atoms with van der Waals surface area (Å²) in [7, 11) is 0. The molecule has 1 fully saturated rings. The molecule has 0 amide bonds. The van der Waals surface area contributed by atoms with Gasteiger partial charge in [-0.3, -0.25) is 0 Å². The van der Waals surface area contributed by atoms with Crippen LogP contribution in [0.3, 0.4) is 0 Å². The van der Waals surface area contributed by atoms with E-state index in [1.165, 1.54) is 0 Å². The number of morpholine rings is 1. The number of hydrogen-bond acceptors (Lipinski definition) is 4. The molecule has 2 N–H and O–H groups in total. The highest BCUT2D eigenvalue weighted by Crippen LogP contribution is 2.18. The Labute approximate surface area is 146 Å². The molecule has 0 bridgehead atoms. The van der Waals surface area contributed by atoms with Crippen LogP contribution in [0.1, 0.15) is 5.69 Å². The zero-order chi connectivity index (χ0) is 14.5. The molecule has 1 aliphatic rings. The summed E-state index contributed by atoms with van der Waals surface area (Å²) in [6.45, 7) is 3.36. The molecule has 1 aromatic carbocycles. The standard InChI is InChI=1S/C15H18N4O2.HI/c16-15(19-6-8-20-9-7-19)17-10-13-11-21-14(18-13)12-4-2-1-3-5-12;/h1-5,11H,6-10H2,(H2,16,17);1H. The minimum Gasteiger partial charge on any atom is -0.444 e. The summed E-state index contributed by atoms with van der Waals surface area (Å²) in [5, 5.41) is 0. The van der Waals surface area contributed by atoms with Crippen LogP contribution in [0.15, 0.2) is 46.0 Å². The van der Waals surface area contributed by atoms with E-state index in [0.717, 1.165) is 24.3 Å². The lowest BCUT2D eigenvalue weighted by molar-refractivity contribution is 0.0674. The predicted octanol–water partition coefficient (Wildman–Crippen LogP) is 2.11. The van der Waals surface area contributed by atoms with Gasteiger partial charge in [0.15, 0.2) is 5.96 Å². The van der Waals surface area contributed by atoms with Gasteiger partial charge in [-0.2, -0.15) is 0 Å². The van der Waals surface area contributed by atoms with Gasteiger partial charge in [0.05, 0.1) is 19.8 Å². The normalized spacial score (nSPS) is 15.5. The third-order valence-corrected chi connectivity index (χ3v) is 3.31. The largest absolute Gasteiger partial charge is 0.444 e. The Hall–Kier alpha value is -1.61. The van der Waals surface area contributed by atoms with Crippen LogP contribution in [0.25, 0.3) is 11.5 Å². The van der Waals surface area contributed by atoms with Crippen molar-refractivity contribution < 1.29 is 9.15 Å². The van der Waals surface area contributed by atoms with E-state index < -0.39 is 0 Å². The molecule has 22 heavy (non-hydrogen) atoms. The van der Waals surface area contributed by atoms with Crippen LogP contribution in [0, 0.1) is 0 Å². The lowest BCUT2D eigenvalue weighted by Crippen LogP contribution is -2.44. The second-order valence-electron chi connectivity index (χ2n) is 4.78. The molecule has 6 nitrogen and oxygen atoms in total. The number of oxazole rings is 1. The summed E-state index contributed by atoms with van der Waals surface area (Å²) in [4.78, 5) is 10.8. The molecule has 3 rings (SSSR count). The van der Waals surface area contributed by atoms with Crippen molar-refractivity contribution in [1.29, 1.82) is 0 Å². The third-order valence-electron chi connectivity index (χ3n) is 3.31. The van der Waals surface area contributed by atoms with Gasteiger partial charge in [0, 0.05) is 18.7 Å². The molecule has 118 valence electrons. The molecular formula is C15H19IN4O2. The lowest BCUT2D eigenvalue weighted by Gasteiger charge is -2.27. The Morgan fingerprint density at radius 1 is 1.23 bits per heavy atom. The van der Waals surface area contributed by atoms with E-state index in [0.29, 0.717) is 31.6 Å². The molecule has 2 heterocycles. The molecule has 2 aromatic rings. The second-order valence-corrected chi connectivity index (χ2v) is 4.78. The molecule has 1 aliphatic heterocycles. The smallest absolute Gasteiger partial charge is 0.226 e. The quantitative estimate of drug-likeness (QED) is 0.473. The van der Waals surface area contributed by atoms with E-state index in [9.17, 15) is 0 Å². The number of rotatable bonds is 3. The molecule has 0 saturated carbocycles. The monoisotopic (exact) mass is 414 g/mol. The number of aliphatic imine (C=N–C) groups is 1. The van der Waals surface area contributed by atoms with Crippen molar-refractivity contribution in [2.45, 2.75) is 6.54 Å². The molecular weight excluding hydrogens is 395 g/mol. The fourth-order valence-corrected chi connectivity index (χ4v) is 2.15. The number of benzene rings is 1. The molecule has 1 aromatic heterocycles. The maximum absolute atomic E-state index is 5.98. The van der Waals surface area contributed by atoms with Gasteiger partial charge in [0.2, 0.25) is 5.89 Å². The van der Waals surface area contributed by atoms with Gasteiger partial charge < -0.3 is 19.8 Å². The van der Waals surface area contributed by atoms with Crippen LogP contribution in [0.2, 0.25) is 0 Å². The van der Waals surface area contributed by atoms with E-state index in [1.807, 2.05) is 35.2 Å². The van der Waals surface area contributed by atoms with E-state index in [4.69, 9.17) is 14.9 Å². The number of guanidine groups is 1. The molecule has 1 saturated heterocycles. The predicted molar refractivity (Wildman–Crippen MR) is 95.1 cm³/mol. The average Bonchev–Trinajstić information content (AvgIpc) is 3.03. The number of nitrogens with two attached hydrogens (primary N) is 1. The first-order valence-corrected chi connectivity index (χ1v) is 6.95. The summed E-state index contributed by atoms with van der Waals surface area (Å²) in [6, 6.07) is 9.78. The van der Waals surface area contributed by atoms with Gasteiger partial charge in [-0.05, 0) is 12.1 Å². The first-order chi connectivity index (χ1) is 10.3. The molecule has 0 spiro atoms. The van der Waals surface area contributed by atoms with Crippen molar-refractivity contribution in [3.63, 3.8) is 0 Å². The first-order valence-electron chi connectivity index (χ1n) is 6.95. The summed E-state index contributed by atoms with van der Waals surface area (Å²) >= 11 is 0. The van der Waals surface area contributed by atoms with Crippen molar-refractivity contribution in [2.75, 3.05) is 26.3 Å². The van der Waals surface area contributed by atoms with Crippen molar-refractivity contribution in [3.8, 4) is 11.5 Å². The van der Waals surface area contributed by atoms with Crippen molar-refractivity contribution in [2.24, 2.45) is 10.7 Å². The van der Waals surface area contributed by atoms with E-state index in [1.54, 1.807) is 6.26 Å². The van der Waals surface area contributed by atoms with Crippen LogP contribution in [0.5, 0.6) is 0 Å². The molecule has 0 aliphatic carbocycles. The Kier molecular flexibility index (Phi) is 6.20. The van der Waals surface area contributed by atoms with Crippen LogP contribution < -0.4 is 5.73 Å². The minimum atomic E-state index is 0. The number of ether oxygens (including phenoxy) is 1. The van der Waals surface area contributed by atoms with Crippen molar-refractivity contribution in [1.82, 2.24) is 9.88 Å². The van der Waals surface area contributed by atoms with Gasteiger partial charge in [0.25, 0.3) is 0 Å². The van der Waals surface area contributed by atoms with Gasteiger partial charge in [-0.1, -0.05) is 18.2 Å². The van der Waals surface area contributed by atoms with Crippen molar-refractivity contribution in [3.05, 3.63) is 42.3 Å². The molecule has 0 radical (unpaired) electrons. The molecule has 0 unspecified atom stereocenters. The van der Waals surface area contributed by atoms with Gasteiger partial charge in [0.1, 0.15) is 12.0 Å². The Morgan fingerprint density at radius 2 is 1.95 bits per heavy atom. The summed E-state index contributed by atoms with van der Waals surface area (Å²) in [5.41, 5.74) is 7.70. The lowest BCUT2D eigenvalue weighted by atomic mass is 10.2. The first kappa shape index (κ1) is 16.8. The third kappa shape index (κ3) is 4.20. The molecule has 0 atom stereocenters. The summed E-state index contributed by atoms with van der Waals surface area (Å²) in [5.74, 6) is 1.13. The number of hydrogen-bond donors (Lipinski definition) is 1. The van der Waals surface area contributed by atoms with Crippen LogP contribution in [-0.2, 0) is 11.3 Å². The van der Waals surface area contributed by atoms with Crippen molar-refractivity contribution >= 4 is 29.9 Å². The average molecular weight is 414 g/mol. The second kappa shape index (κ2) is 8.14. The van der Waals surface area contributed by atoms with E-state index in [-0.39, 0.29) is 24.0 Å². The Balaban J connectivity index is 0.00000176. The Bertz CT molecular complexity index is 609. The van der Waals surface area contributed by atoms with E-state index >= 15 is 0 Å². The van der Waals surface area contributed by atoms with Gasteiger partial charge in [-0.15, -0.1) is 24.0 Å².